The van der Waals surface area contributed by atoms with Gasteiger partial charge < -0.3 is 14.5 Å². The molecule has 0 amide bonds. The van der Waals surface area contributed by atoms with E-state index < -0.39 is 0 Å². The van der Waals surface area contributed by atoms with Gasteiger partial charge in [0.1, 0.15) is 0 Å². The molecule has 4 heteroatoms. The third-order valence-corrected chi connectivity index (χ3v) is 2.48. The summed E-state index contributed by atoms with van der Waals surface area (Å²) in [6, 6.07) is 9.30. The normalized spacial score (nSPS) is 11.1. The Morgan fingerprint density at radius 3 is 3.00 bits per heavy atom. The van der Waals surface area contributed by atoms with E-state index >= 15 is 0 Å². The number of imidazole rings is 1. The van der Waals surface area contributed by atoms with Crippen LogP contribution in [0.2, 0.25) is 0 Å². The number of fused-ring (bicyclic) bond motifs is 1. The van der Waals surface area contributed by atoms with Gasteiger partial charge in [-0.2, -0.15) is 0 Å². The van der Waals surface area contributed by atoms with Crippen molar-refractivity contribution < 1.29 is 9.52 Å². The molecular formula is C12H10N2O2. The van der Waals surface area contributed by atoms with Crippen molar-refractivity contribution in [3.05, 3.63) is 42.2 Å². The fourth-order valence-corrected chi connectivity index (χ4v) is 1.68. The molecule has 0 aliphatic heterocycles. The Labute approximate surface area is 91.6 Å². The largest absolute Gasteiger partial charge is 0.461 e. The second-order valence-corrected chi connectivity index (χ2v) is 3.57. The third kappa shape index (κ3) is 1.40. The number of H-pyrrole nitrogens is 1. The molecule has 0 radical (unpaired) electrons. The number of aromatic nitrogens is 2. The van der Waals surface area contributed by atoms with Crippen LogP contribution < -0.4 is 0 Å². The molecule has 16 heavy (non-hydrogen) atoms. The zero-order chi connectivity index (χ0) is 11.0. The van der Waals surface area contributed by atoms with Crippen LogP contribution in [-0.2, 0) is 6.61 Å². The van der Waals surface area contributed by atoms with Crippen molar-refractivity contribution in [3.63, 3.8) is 0 Å². The van der Waals surface area contributed by atoms with Crippen molar-refractivity contribution in [1.82, 2.24) is 9.97 Å². The summed E-state index contributed by atoms with van der Waals surface area (Å²) in [6.45, 7) is 0.0267. The van der Waals surface area contributed by atoms with Gasteiger partial charge in [-0.1, -0.05) is 6.07 Å². The third-order valence-electron chi connectivity index (χ3n) is 2.48. The van der Waals surface area contributed by atoms with Crippen LogP contribution in [0.4, 0.5) is 0 Å². The topological polar surface area (TPSA) is 62.0 Å². The second-order valence-electron chi connectivity index (χ2n) is 3.57. The minimum Gasteiger partial charge on any atom is -0.461 e. The zero-order valence-electron chi connectivity index (χ0n) is 8.47. The molecule has 80 valence electrons. The van der Waals surface area contributed by atoms with Crippen molar-refractivity contribution in [2.24, 2.45) is 0 Å². The molecule has 2 aromatic heterocycles. The van der Waals surface area contributed by atoms with E-state index in [0.717, 1.165) is 16.6 Å². The van der Waals surface area contributed by atoms with Crippen LogP contribution in [0.25, 0.3) is 22.6 Å². The summed E-state index contributed by atoms with van der Waals surface area (Å²) < 4.78 is 5.26. The summed E-state index contributed by atoms with van der Waals surface area (Å²) in [5, 5.41) is 9.03. The van der Waals surface area contributed by atoms with Gasteiger partial charge in [-0.3, -0.25) is 0 Å². The first-order valence-corrected chi connectivity index (χ1v) is 5.00. The van der Waals surface area contributed by atoms with Crippen LogP contribution in [0.15, 0.2) is 41.0 Å². The SMILES string of the molecule is OCc1ccc2[nH]c(-c3ccco3)nc2c1. The number of benzene rings is 1. The Bertz CT molecular complexity index is 611. The molecule has 3 aromatic rings. The average Bonchev–Trinajstić information content (AvgIpc) is 2.96. The quantitative estimate of drug-likeness (QED) is 0.688. The maximum atomic E-state index is 9.03. The minimum absolute atomic E-state index is 0.0267. The van der Waals surface area contributed by atoms with Gasteiger partial charge in [0.2, 0.25) is 0 Å². The van der Waals surface area contributed by atoms with Crippen LogP contribution in [0.1, 0.15) is 5.56 Å². The highest BCUT2D eigenvalue weighted by atomic mass is 16.3. The van der Waals surface area contributed by atoms with Gasteiger partial charge in [0.25, 0.3) is 0 Å². The number of hydrogen-bond donors (Lipinski definition) is 2. The standard InChI is InChI=1S/C12H10N2O2/c15-7-8-3-4-9-10(6-8)14-12(13-9)11-2-1-5-16-11/h1-6,15H,7H2,(H,13,14). The number of furan rings is 1. The highest BCUT2D eigenvalue weighted by Crippen LogP contribution is 2.21. The maximum Gasteiger partial charge on any atom is 0.174 e. The van der Waals surface area contributed by atoms with Crippen LogP contribution in [0, 0.1) is 0 Å². The molecule has 0 atom stereocenters. The fraction of sp³-hybridized carbons (Fsp3) is 0.0833. The number of nitrogens with zero attached hydrogens (tertiary/aromatic N) is 1. The molecule has 0 saturated heterocycles. The molecular weight excluding hydrogens is 204 g/mol. The Hall–Kier alpha value is -2.07. The summed E-state index contributed by atoms with van der Waals surface area (Å²) in [5.41, 5.74) is 2.62. The number of aliphatic hydroxyl groups excluding tert-OH is 1. The van der Waals surface area contributed by atoms with E-state index in [-0.39, 0.29) is 6.61 Å². The highest BCUT2D eigenvalue weighted by Gasteiger charge is 2.07. The molecule has 0 bridgehead atoms. The van der Waals surface area contributed by atoms with Gasteiger partial charge in [-0.05, 0) is 29.8 Å². The van der Waals surface area contributed by atoms with Gasteiger partial charge in [0, 0.05) is 0 Å². The van der Waals surface area contributed by atoms with Gasteiger partial charge >= 0.3 is 0 Å². The van der Waals surface area contributed by atoms with Crippen molar-refractivity contribution in [3.8, 4) is 11.6 Å². The fourth-order valence-electron chi connectivity index (χ4n) is 1.68. The summed E-state index contributed by atoms with van der Waals surface area (Å²) in [4.78, 5) is 7.57. The van der Waals surface area contributed by atoms with E-state index in [1.54, 1.807) is 6.26 Å². The van der Waals surface area contributed by atoms with Crippen molar-refractivity contribution in [2.45, 2.75) is 6.61 Å². The molecule has 0 spiro atoms. The van der Waals surface area contributed by atoms with E-state index in [4.69, 9.17) is 9.52 Å². The highest BCUT2D eigenvalue weighted by molar-refractivity contribution is 5.79. The van der Waals surface area contributed by atoms with Crippen molar-refractivity contribution in [2.75, 3.05) is 0 Å². The zero-order valence-corrected chi connectivity index (χ0v) is 8.47. The van der Waals surface area contributed by atoms with Gasteiger partial charge in [0.05, 0.1) is 23.9 Å². The molecule has 0 unspecified atom stereocenters. The lowest BCUT2D eigenvalue weighted by molar-refractivity contribution is 0.282. The van der Waals surface area contributed by atoms with E-state index in [9.17, 15) is 0 Å². The molecule has 2 N–H and O–H groups in total. The molecule has 0 aliphatic carbocycles. The van der Waals surface area contributed by atoms with Crippen molar-refractivity contribution >= 4 is 11.0 Å². The number of rotatable bonds is 2. The number of nitrogens with one attached hydrogen (secondary N) is 1. The van der Waals surface area contributed by atoms with Crippen LogP contribution in [-0.4, -0.2) is 15.1 Å². The van der Waals surface area contributed by atoms with E-state index in [2.05, 4.69) is 9.97 Å². The first kappa shape index (κ1) is 9.18. The van der Waals surface area contributed by atoms with Gasteiger partial charge in [0.15, 0.2) is 11.6 Å². The maximum absolute atomic E-state index is 9.03. The van der Waals surface area contributed by atoms with E-state index in [1.165, 1.54) is 0 Å². The lowest BCUT2D eigenvalue weighted by Gasteiger charge is -1.93. The Morgan fingerprint density at radius 2 is 2.25 bits per heavy atom. The number of hydrogen-bond acceptors (Lipinski definition) is 3. The first-order chi connectivity index (χ1) is 7.86. The molecule has 1 aromatic carbocycles. The lowest BCUT2D eigenvalue weighted by Crippen LogP contribution is -1.81. The predicted molar refractivity (Wildman–Crippen MR) is 59.7 cm³/mol. The Morgan fingerprint density at radius 1 is 1.31 bits per heavy atom. The Balaban J connectivity index is 2.16. The molecule has 0 saturated carbocycles. The van der Waals surface area contributed by atoms with Gasteiger partial charge in [-0.15, -0.1) is 0 Å². The smallest absolute Gasteiger partial charge is 0.174 e. The Kier molecular flexibility index (Phi) is 2.01. The van der Waals surface area contributed by atoms with Crippen LogP contribution >= 0.6 is 0 Å². The molecule has 0 aliphatic rings. The second kappa shape index (κ2) is 3.50. The van der Waals surface area contributed by atoms with Crippen molar-refractivity contribution in [1.29, 1.82) is 0 Å². The molecule has 4 nitrogen and oxygen atoms in total. The van der Waals surface area contributed by atoms with Crippen LogP contribution in [0.5, 0.6) is 0 Å². The number of aliphatic hydroxyl groups is 1. The minimum atomic E-state index is 0.0267. The summed E-state index contributed by atoms with van der Waals surface area (Å²) in [6.07, 6.45) is 1.61. The van der Waals surface area contributed by atoms with E-state index in [1.807, 2.05) is 30.3 Å². The first-order valence-electron chi connectivity index (χ1n) is 5.00. The number of aromatic amines is 1. The monoisotopic (exact) mass is 214 g/mol. The lowest BCUT2D eigenvalue weighted by atomic mass is 10.2. The molecule has 2 heterocycles. The summed E-state index contributed by atoms with van der Waals surface area (Å²) in [5.74, 6) is 1.41. The van der Waals surface area contributed by atoms with Gasteiger partial charge in [-0.25, -0.2) is 4.98 Å². The van der Waals surface area contributed by atoms with Crippen LogP contribution in [0.3, 0.4) is 0 Å². The van der Waals surface area contributed by atoms with E-state index in [0.29, 0.717) is 11.6 Å². The molecule has 3 rings (SSSR count). The summed E-state index contributed by atoms with van der Waals surface area (Å²) in [7, 11) is 0. The predicted octanol–water partition coefficient (Wildman–Crippen LogP) is 2.32. The summed E-state index contributed by atoms with van der Waals surface area (Å²) >= 11 is 0. The molecule has 0 fully saturated rings. The average molecular weight is 214 g/mol.